The molecule has 0 radical (unpaired) electrons. The van der Waals surface area contributed by atoms with Crippen molar-refractivity contribution in [2.45, 2.75) is 303 Å². The first kappa shape index (κ1) is 61.6. The third-order valence-corrected chi connectivity index (χ3v) is 12.4. The number of hydrogen-bond acceptors (Lipinski definition) is 6. The minimum atomic E-state index is -0.778. The fraction of sp³-hybridized carbons (Fsp3) is 0.845. The van der Waals surface area contributed by atoms with Gasteiger partial charge in [0.05, 0.1) is 0 Å². The minimum absolute atomic E-state index is 0.0785. The first-order valence-corrected chi connectivity index (χ1v) is 28.0. The van der Waals surface area contributed by atoms with Crippen molar-refractivity contribution in [1.29, 1.82) is 0 Å². The van der Waals surface area contributed by atoms with Crippen molar-refractivity contribution in [3.8, 4) is 0 Å². The normalized spacial score (nSPS) is 12.2. The lowest BCUT2D eigenvalue weighted by atomic mass is 10.0. The number of hydrogen-bond donors (Lipinski definition) is 0. The molecule has 6 heteroatoms. The van der Waals surface area contributed by atoms with Crippen molar-refractivity contribution >= 4 is 17.9 Å². The van der Waals surface area contributed by atoms with Crippen LogP contribution in [0.3, 0.4) is 0 Å². The van der Waals surface area contributed by atoms with E-state index in [4.69, 9.17) is 14.2 Å². The van der Waals surface area contributed by atoms with Gasteiger partial charge in [0, 0.05) is 19.3 Å². The number of carbonyl (C=O) groups excluding carboxylic acids is 3. The molecule has 0 amide bonds. The molecule has 64 heavy (non-hydrogen) atoms. The molecule has 1 unspecified atom stereocenters. The zero-order chi connectivity index (χ0) is 46.5. The first-order chi connectivity index (χ1) is 31.5. The summed E-state index contributed by atoms with van der Waals surface area (Å²) in [5.41, 5.74) is 0. The number of esters is 3. The second-order valence-electron chi connectivity index (χ2n) is 18.9. The molecule has 0 aliphatic carbocycles. The molecule has 0 aromatic carbocycles. The van der Waals surface area contributed by atoms with Crippen LogP contribution in [-0.2, 0) is 28.6 Å². The average Bonchev–Trinajstić information content (AvgIpc) is 3.29. The molecule has 0 aliphatic heterocycles. The van der Waals surface area contributed by atoms with Gasteiger partial charge in [0.2, 0.25) is 0 Å². The maximum Gasteiger partial charge on any atom is 0.306 e. The van der Waals surface area contributed by atoms with Crippen molar-refractivity contribution in [2.24, 2.45) is 0 Å². The Morgan fingerprint density at radius 1 is 0.312 bits per heavy atom. The van der Waals surface area contributed by atoms with Crippen LogP contribution in [0.5, 0.6) is 0 Å². The smallest absolute Gasteiger partial charge is 0.306 e. The summed E-state index contributed by atoms with van der Waals surface area (Å²) in [5, 5.41) is 0. The van der Waals surface area contributed by atoms with Crippen molar-refractivity contribution in [2.75, 3.05) is 13.2 Å². The average molecular weight is 899 g/mol. The van der Waals surface area contributed by atoms with Gasteiger partial charge in [0.25, 0.3) is 0 Å². The summed E-state index contributed by atoms with van der Waals surface area (Å²) in [5.74, 6) is -0.887. The van der Waals surface area contributed by atoms with Crippen LogP contribution in [-0.4, -0.2) is 37.2 Å². The van der Waals surface area contributed by atoms with Crippen LogP contribution in [0.1, 0.15) is 297 Å². The molecule has 374 valence electrons. The maximum absolute atomic E-state index is 12.8. The molecule has 0 aliphatic rings. The van der Waals surface area contributed by atoms with Crippen molar-refractivity contribution in [1.82, 2.24) is 0 Å². The molecule has 0 spiro atoms. The van der Waals surface area contributed by atoms with E-state index in [1.54, 1.807) is 0 Å². The van der Waals surface area contributed by atoms with Crippen LogP contribution in [0.4, 0.5) is 0 Å². The van der Waals surface area contributed by atoms with Gasteiger partial charge in [-0.1, -0.05) is 243 Å². The van der Waals surface area contributed by atoms with Crippen LogP contribution in [0, 0.1) is 0 Å². The van der Waals surface area contributed by atoms with Crippen molar-refractivity contribution in [3.05, 3.63) is 36.5 Å². The number of ether oxygens (including phenoxy) is 3. The lowest BCUT2D eigenvalue weighted by Crippen LogP contribution is -2.30. The Morgan fingerprint density at radius 3 is 0.906 bits per heavy atom. The molecule has 0 aromatic heterocycles. The van der Waals surface area contributed by atoms with Gasteiger partial charge in [-0.05, 0) is 70.6 Å². The van der Waals surface area contributed by atoms with E-state index in [1.165, 1.54) is 173 Å². The first-order valence-electron chi connectivity index (χ1n) is 28.0. The SMILES string of the molecule is CCCCC/C=C\CCCCCCCC(=O)OCC(COC(=O)CCCCCCC/C=C\C=C/CCCCCCCCC)OC(=O)CCCCCCCCCCCCCCCCCC. The second-order valence-corrected chi connectivity index (χ2v) is 18.9. The maximum atomic E-state index is 12.8. The summed E-state index contributed by atoms with van der Waals surface area (Å²) in [6.45, 7) is 6.62. The quantitative estimate of drug-likeness (QED) is 0.0199. The fourth-order valence-electron chi connectivity index (χ4n) is 8.14. The summed E-state index contributed by atoms with van der Waals surface area (Å²) >= 11 is 0. The Labute approximate surface area is 397 Å². The molecule has 1 atom stereocenters. The molecule has 0 saturated carbocycles. The minimum Gasteiger partial charge on any atom is -0.462 e. The standard InChI is InChI=1S/C58H106O6/c1-4-7-10-13-16-19-22-25-27-29-30-32-33-36-39-42-45-48-51-57(60)63-54-55(53-62-56(59)50-47-44-41-38-35-24-21-18-15-12-9-6-3)64-58(61)52-49-46-43-40-37-34-31-28-26-23-20-17-14-11-8-5-2/h18,21,27,29-30,32,55H,4-17,19-20,22-26,28,31,33-54H2,1-3H3/b21-18-,29-27-,32-30-. The Kier molecular flexibility index (Phi) is 51.3. The molecule has 6 nitrogen and oxygen atoms in total. The number of carbonyl (C=O) groups is 3. The molecule has 0 rings (SSSR count). The van der Waals surface area contributed by atoms with Crippen LogP contribution in [0.2, 0.25) is 0 Å². The van der Waals surface area contributed by atoms with Gasteiger partial charge in [-0.15, -0.1) is 0 Å². The lowest BCUT2D eigenvalue weighted by Gasteiger charge is -2.18. The second kappa shape index (κ2) is 53.2. The van der Waals surface area contributed by atoms with Gasteiger partial charge in [0.1, 0.15) is 13.2 Å². The van der Waals surface area contributed by atoms with Crippen LogP contribution < -0.4 is 0 Å². The van der Waals surface area contributed by atoms with E-state index < -0.39 is 6.10 Å². The van der Waals surface area contributed by atoms with Gasteiger partial charge in [-0.3, -0.25) is 14.4 Å². The highest BCUT2D eigenvalue weighted by molar-refractivity contribution is 5.71. The Hall–Kier alpha value is -2.37. The molecule has 0 saturated heterocycles. The fourth-order valence-corrected chi connectivity index (χ4v) is 8.14. The zero-order valence-electron chi connectivity index (χ0n) is 42.8. The van der Waals surface area contributed by atoms with E-state index in [1.807, 2.05) is 0 Å². The highest BCUT2D eigenvalue weighted by Crippen LogP contribution is 2.16. The Morgan fingerprint density at radius 2 is 0.562 bits per heavy atom. The van der Waals surface area contributed by atoms with E-state index in [2.05, 4.69) is 57.2 Å². The number of rotatable bonds is 51. The molecule has 0 aromatic rings. The highest BCUT2D eigenvalue weighted by atomic mass is 16.6. The number of unbranched alkanes of at least 4 members (excludes halogenated alkanes) is 35. The summed E-state index contributed by atoms with van der Waals surface area (Å²) in [7, 11) is 0. The molecular weight excluding hydrogens is 793 g/mol. The van der Waals surface area contributed by atoms with Crippen molar-refractivity contribution in [3.63, 3.8) is 0 Å². The molecule has 0 N–H and O–H groups in total. The monoisotopic (exact) mass is 899 g/mol. The Bertz CT molecular complexity index is 1080. The van der Waals surface area contributed by atoms with E-state index in [-0.39, 0.29) is 31.1 Å². The third-order valence-electron chi connectivity index (χ3n) is 12.4. The van der Waals surface area contributed by atoms with E-state index >= 15 is 0 Å². The molecule has 0 fully saturated rings. The zero-order valence-corrected chi connectivity index (χ0v) is 42.8. The van der Waals surface area contributed by atoms with Gasteiger partial charge in [-0.25, -0.2) is 0 Å². The van der Waals surface area contributed by atoms with Gasteiger partial charge in [0.15, 0.2) is 6.10 Å². The summed E-state index contributed by atoms with van der Waals surface area (Å²) in [6.07, 6.45) is 62.7. The van der Waals surface area contributed by atoms with Gasteiger partial charge < -0.3 is 14.2 Å². The van der Waals surface area contributed by atoms with E-state index in [0.29, 0.717) is 19.3 Å². The Balaban J connectivity index is 4.36. The molecule has 0 heterocycles. The number of allylic oxidation sites excluding steroid dienone is 6. The largest absolute Gasteiger partial charge is 0.462 e. The van der Waals surface area contributed by atoms with E-state index in [9.17, 15) is 14.4 Å². The topological polar surface area (TPSA) is 78.9 Å². The van der Waals surface area contributed by atoms with Crippen molar-refractivity contribution < 1.29 is 28.6 Å². The summed E-state index contributed by atoms with van der Waals surface area (Å²) in [4.78, 5) is 38.1. The summed E-state index contributed by atoms with van der Waals surface area (Å²) in [6, 6.07) is 0. The predicted octanol–water partition coefficient (Wildman–Crippen LogP) is 18.5. The summed E-state index contributed by atoms with van der Waals surface area (Å²) < 4.78 is 16.8. The van der Waals surface area contributed by atoms with Crippen LogP contribution >= 0.6 is 0 Å². The molecular formula is C58H106O6. The third kappa shape index (κ3) is 50.6. The van der Waals surface area contributed by atoms with E-state index in [0.717, 1.165) is 83.5 Å². The van der Waals surface area contributed by atoms with Crippen LogP contribution in [0.15, 0.2) is 36.5 Å². The predicted molar refractivity (Wildman–Crippen MR) is 275 cm³/mol. The molecule has 0 bridgehead atoms. The van der Waals surface area contributed by atoms with Crippen LogP contribution in [0.25, 0.3) is 0 Å². The lowest BCUT2D eigenvalue weighted by molar-refractivity contribution is -0.167. The highest BCUT2D eigenvalue weighted by Gasteiger charge is 2.19. The van der Waals surface area contributed by atoms with Gasteiger partial charge in [-0.2, -0.15) is 0 Å². The van der Waals surface area contributed by atoms with Gasteiger partial charge >= 0.3 is 17.9 Å².